The monoisotopic (exact) mass is 387 g/mol. The molecule has 146 valence electrons. The van der Waals surface area contributed by atoms with Crippen LogP contribution < -0.4 is 4.72 Å². The highest BCUT2D eigenvalue weighted by atomic mass is 32.2. The van der Waals surface area contributed by atoms with Gasteiger partial charge < -0.3 is 4.90 Å². The van der Waals surface area contributed by atoms with Gasteiger partial charge in [-0.2, -0.15) is 0 Å². The summed E-state index contributed by atoms with van der Waals surface area (Å²) in [4.78, 5) is 5.13. The molecule has 0 aromatic heterocycles. The third-order valence-electron chi connectivity index (χ3n) is 5.28. The zero-order chi connectivity index (χ0) is 19.3. The van der Waals surface area contributed by atoms with E-state index in [1.54, 1.807) is 12.1 Å². The maximum Gasteiger partial charge on any atom is 0.240 e. The highest BCUT2D eigenvalue weighted by Gasteiger charge is 2.26. The molecule has 27 heavy (non-hydrogen) atoms. The van der Waals surface area contributed by atoms with E-state index < -0.39 is 10.0 Å². The number of nitrogens with zero attached hydrogens (tertiary/aromatic N) is 2. The topological polar surface area (TPSA) is 52.6 Å². The number of nitrogens with one attached hydrogen (secondary N) is 1. The standard InChI is InChI=1S/C21H29N3O2S/c1-3-23-13-15-24(16-14-23)21(19-7-5-4-6-8-19)17-22-27(25,26)20-11-9-18(2)10-12-20/h4-12,21-22H,3,13-17H2,1-2H3/t21-/m0/s1. The number of rotatable bonds is 7. The fourth-order valence-corrected chi connectivity index (χ4v) is 4.55. The highest BCUT2D eigenvalue weighted by molar-refractivity contribution is 7.89. The van der Waals surface area contributed by atoms with Crippen molar-refractivity contribution in [2.75, 3.05) is 39.3 Å². The first-order chi connectivity index (χ1) is 13.0. The molecule has 0 radical (unpaired) electrons. The van der Waals surface area contributed by atoms with Gasteiger partial charge >= 0.3 is 0 Å². The molecule has 6 heteroatoms. The summed E-state index contributed by atoms with van der Waals surface area (Å²) in [7, 11) is -3.52. The predicted octanol–water partition coefficient (Wildman–Crippen LogP) is 2.65. The van der Waals surface area contributed by atoms with Crippen molar-refractivity contribution in [2.24, 2.45) is 0 Å². The van der Waals surface area contributed by atoms with Crippen LogP contribution in [-0.2, 0) is 10.0 Å². The maximum atomic E-state index is 12.7. The molecular weight excluding hydrogens is 358 g/mol. The molecule has 1 fully saturated rings. The lowest BCUT2D eigenvalue weighted by atomic mass is 10.0. The van der Waals surface area contributed by atoms with E-state index in [1.807, 2.05) is 37.3 Å². The van der Waals surface area contributed by atoms with E-state index in [1.165, 1.54) is 0 Å². The average Bonchev–Trinajstić information content (AvgIpc) is 2.70. The Labute approximate surface area is 163 Å². The second-order valence-corrected chi connectivity index (χ2v) is 8.83. The van der Waals surface area contributed by atoms with Gasteiger partial charge in [0.1, 0.15) is 0 Å². The molecule has 0 bridgehead atoms. The Morgan fingerprint density at radius 2 is 1.59 bits per heavy atom. The van der Waals surface area contributed by atoms with Crippen molar-refractivity contribution in [3.8, 4) is 0 Å². The SMILES string of the molecule is CCN1CCN([C@@H](CNS(=O)(=O)c2ccc(C)cc2)c2ccccc2)CC1. The summed E-state index contributed by atoms with van der Waals surface area (Å²) in [5, 5.41) is 0. The Hall–Kier alpha value is -1.73. The molecule has 1 N–H and O–H groups in total. The molecule has 1 saturated heterocycles. The summed E-state index contributed by atoms with van der Waals surface area (Å²) in [6.45, 7) is 9.48. The van der Waals surface area contributed by atoms with Crippen LogP contribution in [0.4, 0.5) is 0 Å². The van der Waals surface area contributed by atoms with Crippen LogP contribution in [0.15, 0.2) is 59.5 Å². The quantitative estimate of drug-likeness (QED) is 0.794. The number of piperazine rings is 1. The molecule has 0 saturated carbocycles. The van der Waals surface area contributed by atoms with E-state index in [-0.39, 0.29) is 6.04 Å². The van der Waals surface area contributed by atoms with Crippen LogP contribution in [0.25, 0.3) is 0 Å². The Bertz CT molecular complexity index is 814. The van der Waals surface area contributed by atoms with Crippen molar-refractivity contribution >= 4 is 10.0 Å². The third kappa shape index (κ3) is 5.17. The molecule has 1 heterocycles. The summed E-state index contributed by atoms with van der Waals surface area (Å²) < 4.78 is 28.3. The van der Waals surface area contributed by atoms with E-state index >= 15 is 0 Å². The van der Waals surface area contributed by atoms with Crippen LogP contribution in [0.2, 0.25) is 0 Å². The van der Waals surface area contributed by atoms with Crippen LogP contribution in [-0.4, -0.2) is 57.5 Å². The van der Waals surface area contributed by atoms with Crippen molar-refractivity contribution in [2.45, 2.75) is 24.8 Å². The van der Waals surface area contributed by atoms with E-state index in [0.717, 1.165) is 43.9 Å². The molecule has 5 nitrogen and oxygen atoms in total. The van der Waals surface area contributed by atoms with E-state index in [0.29, 0.717) is 11.4 Å². The van der Waals surface area contributed by atoms with Gasteiger partial charge in [0.2, 0.25) is 10.0 Å². The molecule has 0 amide bonds. The summed E-state index contributed by atoms with van der Waals surface area (Å²) >= 11 is 0. The average molecular weight is 388 g/mol. The summed E-state index contributed by atoms with van der Waals surface area (Å²) in [6, 6.07) is 17.2. The van der Waals surface area contributed by atoms with E-state index in [2.05, 4.69) is 33.6 Å². The van der Waals surface area contributed by atoms with Gasteiger partial charge in [-0.1, -0.05) is 55.0 Å². The molecule has 0 aliphatic carbocycles. The molecule has 2 aromatic rings. The van der Waals surface area contributed by atoms with Crippen molar-refractivity contribution in [1.82, 2.24) is 14.5 Å². The van der Waals surface area contributed by atoms with Crippen LogP contribution in [0, 0.1) is 6.92 Å². The zero-order valence-electron chi connectivity index (χ0n) is 16.1. The van der Waals surface area contributed by atoms with Gasteiger partial charge in [-0.25, -0.2) is 13.1 Å². The Balaban J connectivity index is 1.75. The summed E-state index contributed by atoms with van der Waals surface area (Å²) in [5.74, 6) is 0. The molecule has 1 aliphatic rings. The highest BCUT2D eigenvalue weighted by Crippen LogP contribution is 2.22. The van der Waals surface area contributed by atoms with Gasteiger partial charge in [-0.3, -0.25) is 4.90 Å². The van der Waals surface area contributed by atoms with Gasteiger partial charge in [0.15, 0.2) is 0 Å². The van der Waals surface area contributed by atoms with Crippen molar-refractivity contribution in [1.29, 1.82) is 0 Å². The number of benzene rings is 2. The second-order valence-electron chi connectivity index (χ2n) is 7.06. The van der Waals surface area contributed by atoms with E-state index in [9.17, 15) is 8.42 Å². The molecular formula is C21H29N3O2S. The fourth-order valence-electron chi connectivity index (χ4n) is 3.51. The minimum absolute atomic E-state index is 0.0328. The number of sulfonamides is 1. The predicted molar refractivity (Wildman–Crippen MR) is 109 cm³/mol. The van der Waals surface area contributed by atoms with Crippen LogP contribution in [0.5, 0.6) is 0 Å². The number of likely N-dealkylation sites (N-methyl/N-ethyl adjacent to an activating group) is 1. The first kappa shape index (κ1) is 20.0. The van der Waals surface area contributed by atoms with Gasteiger partial charge in [0.05, 0.1) is 4.90 Å². The Morgan fingerprint density at radius 1 is 0.963 bits per heavy atom. The van der Waals surface area contributed by atoms with Crippen LogP contribution in [0.3, 0.4) is 0 Å². The maximum absolute atomic E-state index is 12.7. The normalized spacial score (nSPS) is 17.7. The van der Waals surface area contributed by atoms with Gasteiger partial charge in [-0.15, -0.1) is 0 Å². The van der Waals surface area contributed by atoms with Gasteiger partial charge in [0.25, 0.3) is 0 Å². The van der Waals surface area contributed by atoms with E-state index in [4.69, 9.17) is 0 Å². The van der Waals surface area contributed by atoms with Crippen molar-refractivity contribution in [3.63, 3.8) is 0 Å². The Kier molecular flexibility index (Phi) is 6.65. The lowest BCUT2D eigenvalue weighted by Gasteiger charge is -2.39. The van der Waals surface area contributed by atoms with Crippen LogP contribution in [0.1, 0.15) is 24.1 Å². The molecule has 0 unspecified atom stereocenters. The Morgan fingerprint density at radius 3 is 2.19 bits per heavy atom. The molecule has 1 atom stereocenters. The summed E-state index contributed by atoms with van der Waals surface area (Å²) in [5.41, 5.74) is 2.19. The summed E-state index contributed by atoms with van der Waals surface area (Å²) in [6.07, 6.45) is 0. The first-order valence-electron chi connectivity index (χ1n) is 9.57. The molecule has 1 aliphatic heterocycles. The second kappa shape index (κ2) is 8.97. The first-order valence-corrected chi connectivity index (χ1v) is 11.1. The minimum Gasteiger partial charge on any atom is -0.301 e. The number of hydrogen-bond acceptors (Lipinski definition) is 4. The lowest BCUT2D eigenvalue weighted by molar-refractivity contribution is 0.100. The smallest absolute Gasteiger partial charge is 0.240 e. The number of hydrogen-bond donors (Lipinski definition) is 1. The lowest BCUT2D eigenvalue weighted by Crippen LogP contribution is -2.49. The van der Waals surface area contributed by atoms with Crippen molar-refractivity contribution in [3.05, 3.63) is 65.7 Å². The zero-order valence-corrected chi connectivity index (χ0v) is 17.0. The number of aryl methyl sites for hydroxylation is 1. The molecule has 3 rings (SSSR count). The molecule has 2 aromatic carbocycles. The minimum atomic E-state index is -3.52. The van der Waals surface area contributed by atoms with Crippen molar-refractivity contribution < 1.29 is 8.42 Å². The molecule has 0 spiro atoms. The third-order valence-corrected chi connectivity index (χ3v) is 6.72. The van der Waals surface area contributed by atoms with Gasteiger partial charge in [0, 0.05) is 38.8 Å². The van der Waals surface area contributed by atoms with Gasteiger partial charge in [-0.05, 0) is 31.2 Å². The van der Waals surface area contributed by atoms with Crippen LogP contribution >= 0.6 is 0 Å². The largest absolute Gasteiger partial charge is 0.301 e. The fraction of sp³-hybridized carbons (Fsp3) is 0.429.